The third-order valence-electron chi connectivity index (χ3n) is 4.91. The average molecular weight is 253 g/mol. The minimum atomic E-state index is -0.0115. The monoisotopic (exact) mass is 253 g/mol. The van der Waals surface area contributed by atoms with Crippen LogP contribution < -0.4 is 5.73 Å². The third-order valence-corrected chi connectivity index (χ3v) is 4.91. The number of hydrogen-bond acceptors (Lipinski definition) is 1. The molecule has 2 unspecified atom stereocenters. The summed E-state index contributed by atoms with van der Waals surface area (Å²) in [6.07, 6.45) is 6.08. The van der Waals surface area contributed by atoms with Crippen LogP contribution in [0.3, 0.4) is 0 Å². The first-order chi connectivity index (χ1) is 9.19. The van der Waals surface area contributed by atoms with E-state index in [0.29, 0.717) is 5.92 Å². The Morgan fingerprint density at radius 3 is 2.74 bits per heavy atom. The van der Waals surface area contributed by atoms with E-state index in [-0.39, 0.29) is 5.54 Å². The van der Waals surface area contributed by atoms with Crippen LogP contribution >= 0.6 is 0 Å². The Hall–Kier alpha value is -1.34. The van der Waals surface area contributed by atoms with Crippen molar-refractivity contribution in [2.45, 2.75) is 44.6 Å². The summed E-state index contributed by atoms with van der Waals surface area (Å²) in [5.74, 6) is 0.625. The largest absolute Gasteiger partial charge is 0.325 e. The van der Waals surface area contributed by atoms with Gasteiger partial charge < -0.3 is 5.73 Å². The van der Waals surface area contributed by atoms with Gasteiger partial charge in [-0.2, -0.15) is 0 Å². The highest BCUT2D eigenvalue weighted by molar-refractivity contribution is 5.85. The van der Waals surface area contributed by atoms with Crippen LogP contribution in [0.5, 0.6) is 0 Å². The van der Waals surface area contributed by atoms with Gasteiger partial charge in [0, 0.05) is 5.54 Å². The minimum absolute atomic E-state index is 0.0115. The quantitative estimate of drug-likeness (QED) is 0.849. The van der Waals surface area contributed by atoms with Crippen LogP contribution in [0.15, 0.2) is 42.5 Å². The molecule has 1 fully saturated rings. The fraction of sp³-hybridized carbons (Fsp3) is 0.444. The summed E-state index contributed by atoms with van der Waals surface area (Å²) < 4.78 is 0. The molecule has 19 heavy (non-hydrogen) atoms. The topological polar surface area (TPSA) is 26.0 Å². The molecule has 100 valence electrons. The Labute approximate surface area is 115 Å². The summed E-state index contributed by atoms with van der Waals surface area (Å²) in [6, 6.07) is 15.2. The second kappa shape index (κ2) is 4.97. The van der Waals surface area contributed by atoms with Gasteiger partial charge in [-0.3, -0.25) is 0 Å². The van der Waals surface area contributed by atoms with E-state index in [4.69, 9.17) is 5.73 Å². The maximum Gasteiger partial charge on any atom is 0.0221 e. The van der Waals surface area contributed by atoms with Crippen LogP contribution in [0.1, 0.15) is 38.2 Å². The molecule has 2 N–H and O–H groups in total. The van der Waals surface area contributed by atoms with E-state index in [9.17, 15) is 0 Å². The molecule has 1 heteroatoms. The van der Waals surface area contributed by atoms with Crippen molar-refractivity contribution in [2.75, 3.05) is 0 Å². The zero-order chi connectivity index (χ0) is 13.3. The lowest BCUT2D eigenvalue weighted by atomic mass is 9.71. The molecule has 2 aromatic carbocycles. The molecule has 3 rings (SSSR count). The van der Waals surface area contributed by atoms with Crippen molar-refractivity contribution >= 4 is 10.8 Å². The summed E-state index contributed by atoms with van der Waals surface area (Å²) in [5.41, 5.74) is 8.13. The summed E-state index contributed by atoms with van der Waals surface area (Å²) in [4.78, 5) is 0. The molecule has 1 saturated carbocycles. The maximum atomic E-state index is 6.73. The number of rotatable bonds is 2. The first kappa shape index (κ1) is 12.7. The minimum Gasteiger partial charge on any atom is -0.325 e. The second-order valence-electron chi connectivity index (χ2n) is 6.20. The van der Waals surface area contributed by atoms with Crippen molar-refractivity contribution in [3.05, 3.63) is 48.0 Å². The molecule has 0 aliphatic heterocycles. The summed E-state index contributed by atoms with van der Waals surface area (Å²) in [7, 11) is 0. The van der Waals surface area contributed by atoms with Crippen molar-refractivity contribution in [3.63, 3.8) is 0 Å². The lowest BCUT2D eigenvalue weighted by Crippen LogP contribution is -2.49. The van der Waals surface area contributed by atoms with Crippen molar-refractivity contribution in [3.8, 4) is 0 Å². The van der Waals surface area contributed by atoms with Crippen LogP contribution in [0, 0.1) is 5.92 Å². The Morgan fingerprint density at radius 1 is 1.11 bits per heavy atom. The fourth-order valence-corrected chi connectivity index (χ4v) is 3.50. The van der Waals surface area contributed by atoms with E-state index in [1.807, 2.05) is 0 Å². The number of hydrogen-bond donors (Lipinski definition) is 1. The van der Waals surface area contributed by atoms with Crippen LogP contribution in [-0.2, 0) is 6.42 Å². The Kier molecular flexibility index (Phi) is 3.32. The third kappa shape index (κ3) is 2.40. The molecule has 0 aromatic heterocycles. The van der Waals surface area contributed by atoms with Crippen molar-refractivity contribution in [1.82, 2.24) is 0 Å². The lowest BCUT2D eigenvalue weighted by molar-refractivity contribution is 0.204. The summed E-state index contributed by atoms with van der Waals surface area (Å²) in [6.45, 7) is 2.32. The van der Waals surface area contributed by atoms with E-state index in [2.05, 4.69) is 49.4 Å². The smallest absolute Gasteiger partial charge is 0.0221 e. The average Bonchev–Trinajstić information content (AvgIpc) is 2.43. The molecule has 2 atom stereocenters. The molecule has 1 aliphatic carbocycles. The molecule has 0 spiro atoms. The predicted octanol–water partition coefficient (Wildman–Crippen LogP) is 4.29. The van der Waals surface area contributed by atoms with Gasteiger partial charge in [-0.15, -0.1) is 0 Å². The highest BCUT2D eigenvalue weighted by Gasteiger charge is 2.34. The first-order valence-electron chi connectivity index (χ1n) is 7.44. The molecule has 2 aromatic rings. The Bertz CT molecular complexity index is 569. The molecule has 0 radical (unpaired) electrons. The second-order valence-corrected chi connectivity index (χ2v) is 6.20. The maximum absolute atomic E-state index is 6.73. The van der Waals surface area contributed by atoms with Gasteiger partial charge in [-0.25, -0.2) is 0 Å². The van der Waals surface area contributed by atoms with Crippen molar-refractivity contribution < 1.29 is 0 Å². The van der Waals surface area contributed by atoms with E-state index in [1.54, 1.807) is 0 Å². The van der Waals surface area contributed by atoms with E-state index in [0.717, 1.165) is 12.8 Å². The Balaban J connectivity index is 1.97. The number of fused-ring (bicyclic) bond motifs is 1. The molecule has 0 heterocycles. The zero-order valence-corrected chi connectivity index (χ0v) is 11.7. The number of nitrogens with two attached hydrogens (primary N) is 1. The van der Waals surface area contributed by atoms with Gasteiger partial charge in [0.2, 0.25) is 0 Å². The van der Waals surface area contributed by atoms with Gasteiger partial charge in [0.1, 0.15) is 0 Å². The molecular weight excluding hydrogens is 230 g/mol. The van der Waals surface area contributed by atoms with Crippen LogP contribution in [0.2, 0.25) is 0 Å². The molecule has 1 nitrogen and oxygen atoms in total. The SMILES string of the molecule is CC1CCCCC1(N)Cc1cccc2ccccc12. The van der Waals surface area contributed by atoms with Crippen LogP contribution in [0.25, 0.3) is 10.8 Å². The zero-order valence-electron chi connectivity index (χ0n) is 11.7. The molecule has 0 amide bonds. The van der Waals surface area contributed by atoms with Gasteiger partial charge in [-0.05, 0) is 41.5 Å². The summed E-state index contributed by atoms with van der Waals surface area (Å²) in [5, 5.41) is 2.69. The Morgan fingerprint density at radius 2 is 1.89 bits per heavy atom. The standard InChI is InChI=1S/C18H23N/c1-14-7-4-5-12-18(14,19)13-16-10-6-9-15-8-2-3-11-17(15)16/h2-3,6,8-11,14H,4-5,7,12-13,19H2,1H3. The normalized spacial score (nSPS) is 27.6. The highest BCUT2D eigenvalue weighted by atomic mass is 14.8. The highest BCUT2D eigenvalue weighted by Crippen LogP contribution is 2.35. The van der Waals surface area contributed by atoms with Crippen LogP contribution in [-0.4, -0.2) is 5.54 Å². The molecular formula is C18H23N. The van der Waals surface area contributed by atoms with Crippen LogP contribution in [0.4, 0.5) is 0 Å². The first-order valence-corrected chi connectivity index (χ1v) is 7.44. The molecule has 0 bridgehead atoms. The lowest BCUT2D eigenvalue weighted by Gasteiger charge is -2.40. The van der Waals surface area contributed by atoms with Gasteiger partial charge in [0.25, 0.3) is 0 Å². The van der Waals surface area contributed by atoms with E-state index in [1.165, 1.54) is 35.6 Å². The van der Waals surface area contributed by atoms with E-state index < -0.39 is 0 Å². The van der Waals surface area contributed by atoms with Gasteiger partial charge in [-0.1, -0.05) is 62.2 Å². The van der Waals surface area contributed by atoms with Gasteiger partial charge in [0.15, 0.2) is 0 Å². The fourth-order valence-electron chi connectivity index (χ4n) is 3.50. The predicted molar refractivity (Wildman–Crippen MR) is 82.2 cm³/mol. The van der Waals surface area contributed by atoms with E-state index >= 15 is 0 Å². The summed E-state index contributed by atoms with van der Waals surface area (Å²) >= 11 is 0. The van der Waals surface area contributed by atoms with Crippen molar-refractivity contribution in [1.29, 1.82) is 0 Å². The molecule has 1 aliphatic rings. The molecule has 0 saturated heterocycles. The van der Waals surface area contributed by atoms with Gasteiger partial charge in [0.05, 0.1) is 0 Å². The van der Waals surface area contributed by atoms with Gasteiger partial charge >= 0.3 is 0 Å². The number of benzene rings is 2. The van der Waals surface area contributed by atoms with Crippen molar-refractivity contribution in [2.24, 2.45) is 11.7 Å².